The molecule has 0 aromatic heterocycles. The molecule has 1 rings (SSSR count). The van der Waals surface area contributed by atoms with Crippen LogP contribution in [0.4, 0.5) is 18.9 Å². The van der Waals surface area contributed by atoms with Crippen molar-refractivity contribution in [2.45, 2.75) is 6.18 Å². The maximum atomic E-state index is 12.5. The van der Waals surface area contributed by atoms with E-state index in [9.17, 15) is 18.0 Å². The summed E-state index contributed by atoms with van der Waals surface area (Å²) >= 11 is 0. The van der Waals surface area contributed by atoms with E-state index >= 15 is 0 Å². The lowest BCUT2D eigenvalue weighted by molar-refractivity contribution is -0.615. The minimum atomic E-state index is -4.46. The third kappa shape index (κ3) is 3.23. The largest absolute Gasteiger partial charge is 0.418 e. The van der Waals surface area contributed by atoms with E-state index < -0.39 is 17.6 Å². The average molecular weight is 233 g/mol. The Balaban J connectivity index is 2.92. The van der Waals surface area contributed by atoms with Crippen molar-refractivity contribution in [3.63, 3.8) is 0 Å². The zero-order chi connectivity index (χ0) is 12.2. The maximum absolute atomic E-state index is 12.5. The Morgan fingerprint density at radius 2 is 2.00 bits per heavy atom. The number of rotatable bonds is 3. The van der Waals surface area contributed by atoms with E-state index in [1.54, 1.807) is 12.4 Å². The van der Waals surface area contributed by atoms with Crippen LogP contribution >= 0.6 is 0 Å². The van der Waals surface area contributed by atoms with E-state index in [0.29, 0.717) is 0 Å². The molecule has 0 spiro atoms. The van der Waals surface area contributed by atoms with Gasteiger partial charge in [-0.25, -0.2) is 0 Å². The van der Waals surface area contributed by atoms with Crippen molar-refractivity contribution < 1.29 is 23.3 Å². The third-order valence-electron chi connectivity index (χ3n) is 1.90. The van der Waals surface area contributed by atoms with E-state index in [1.165, 1.54) is 18.2 Å². The number of quaternary nitrogens is 1. The molecule has 16 heavy (non-hydrogen) atoms. The number of halogens is 3. The predicted molar refractivity (Wildman–Crippen MR) is 52.8 cm³/mol. The fourth-order valence-corrected chi connectivity index (χ4v) is 1.23. The van der Waals surface area contributed by atoms with Crippen molar-refractivity contribution in [1.29, 1.82) is 0 Å². The molecule has 0 bridgehead atoms. The normalized spacial score (nSPS) is 11.2. The summed E-state index contributed by atoms with van der Waals surface area (Å²) in [5.74, 6) is -0.459. The van der Waals surface area contributed by atoms with Crippen molar-refractivity contribution in [3.05, 3.63) is 29.8 Å². The van der Waals surface area contributed by atoms with Gasteiger partial charge in [0.1, 0.15) is 0 Å². The summed E-state index contributed by atoms with van der Waals surface area (Å²) in [6.45, 7) is 0.0895. The summed E-state index contributed by atoms with van der Waals surface area (Å²) in [7, 11) is 1.66. The van der Waals surface area contributed by atoms with Gasteiger partial charge in [-0.05, 0) is 12.1 Å². The number of carbonyl (C=O) groups is 1. The Labute approximate surface area is 90.6 Å². The number of amides is 1. The van der Waals surface area contributed by atoms with Gasteiger partial charge in [0.05, 0.1) is 18.3 Å². The van der Waals surface area contributed by atoms with E-state index in [1.807, 2.05) is 0 Å². The zero-order valence-electron chi connectivity index (χ0n) is 8.64. The zero-order valence-corrected chi connectivity index (χ0v) is 8.64. The first-order valence-corrected chi connectivity index (χ1v) is 4.69. The van der Waals surface area contributed by atoms with Crippen LogP contribution in [0.3, 0.4) is 0 Å². The van der Waals surface area contributed by atoms with E-state index in [0.717, 1.165) is 6.07 Å². The first-order chi connectivity index (χ1) is 7.45. The van der Waals surface area contributed by atoms with Gasteiger partial charge in [-0.1, -0.05) is 12.1 Å². The Kier molecular flexibility index (Phi) is 3.89. The molecule has 0 atom stereocenters. The van der Waals surface area contributed by atoms with Crippen LogP contribution < -0.4 is 10.6 Å². The number of nitrogens with one attached hydrogen (secondary N) is 1. The van der Waals surface area contributed by atoms with Gasteiger partial charge in [0, 0.05) is 0 Å². The topological polar surface area (TPSA) is 45.7 Å². The fraction of sp³-hybridized carbons (Fsp3) is 0.300. The molecule has 0 aliphatic rings. The van der Waals surface area contributed by atoms with Gasteiger partial charge in [-0.15, -0.1) is 0 Å². The molecule has 1 aromatic carbocycles. The van der Waals surface area contributed by atoms with Crippen LogP contribution in [-0.2, 0) is 11.0 Å². The average Bonchev–Trinajstić information content (AvgIpc) is 2.17. The van der Waals surface area contributed by atoms with Gasteiger partial charge in [0.2, 0.25) is 0 Å². The minimum Gasteiger partial charge on any atom is -0.341 e. The lowest BCUT2D eigenvalue weighted by Gasteiger charge is -2.12. The van der Waals surface area contributed by atoms with Crippen molar-refractivity contribution in [1.82, 2.24) is 0 Å². The lowest BCUT2D eigenvalue weighted by atomic mass is 10.1. The number of anilines is 1. The van der Waals surface area contributed by atoms with Gasteiger partial charge >= 0.3 is 6.18 Å². The minimum absolute atomic E-state index is 0.0895. The Morgan fingerprint density at radius 1 is 1.38 bits per heavy atom. The van der Waals surface area contributed by atoms with E-state index in [2.05, 4.69) is 5.32 Å². The highest BCUT2D eigenvalue weighted by Gasteiger charge is 2.33. The second-order valence-corrected chi connectivity index (χ2v) is 3.20. The molecule has 1 aromatic rings. The highest BCUT2D eigenvalue weighted by Crippen LogP contribution is 2.34. The highest BCUT2D eigenvalue weighted by atomic mass is 19.4. The molecule has 3 nitrogen and oxygen atoms in total. The number of alkyl halides is 3. The SMILES string of the molecule is C[NH2+]CC(=O)Nc1ccccc1C(F)(F)F. The molecular weight excluding hydrogens is 221 g/mol. The van der Waals surface area contributed by atoms with Crippen LogP contribution in [0.2, 0.25) is 0 Å². The molecule has 0 saturated heterocycles. The quantitative estimate of drug-likeness (QED) is 0.798. The van der Waals surface area contributed by atoms with Crippen LogP contribution in [0.5, 0.6) is 0 Å². The van der Waals surface area contributed by atoms with Crippen LogP contribution in [-0.4, -0.2) is 19.5 Å². The third-order valence-corrected chi connectivity index (χ3v) is 1.90. The van der Waals surface area contributed by atoms with Crippen LogP contribution in [0.1, 0.15) is 5.56 Å². The Bertz CT molecular complexity index is 377. The van der Waals surface area contributed by atoms with Gasteiger partial charge in [0.25, 0.3) is 5.91 Å². The summed E-state index contributed by atoms with van der Waals surface area (Å²) in [4.78, 5) is 11.2. The molecule has 1 amide bonds. The number of hydrogen-bond donors (Lipinski definition) is 2. The molecule has 0 saturated carbocycles. The molecule has 0 fully saturated rings. The second-order valence-electron chi connectivity index (χ2n) is 3.20. The lowest BCUT2D eigenvalue weighted by Crippen LogP contribution is -2.82. The molecule has 3 N–H and O–H groups in total. The Hall–Kier alpha value is -1.56. The highest BCUT2D eigenvalue weighted by molar-refractivity contribution is 5.92. The first-order valence-electron chi connectivity index (χ1n) is 4.69. The summed E-state index contributed by atoms with van der Waals surface area (Å²) < 4.78 is 37.6. The number of hydrogen-bond acceptors (Lipinski definition) is 1. The van der Waals surface area contributed by atoms with Crippen molar-refractivity contribution in [2.24, 2.45) is 0 Å². The molecule has 0 heterocycles. The number of likely N-dealkylation sites (N-methyl/N-ethyl adjacent to an activating group) is 1. The first kappa shape index (κ1) is 12.5. The smallest absolute Gasteiger partial charge is 0.341 e. The number of nitrogens with two attached hydrogens (primary N) is 1. The standard InChI is InChI=1S/C10H11F3N2O/c1-14-6-9(16)15-8-5-3-2-4-7(8)10(11,12)13/h2-5,14H,6H2,1H3,(H,15,16)/p+1. The molecular formula is C10H12F3N2O+. The summed E-state index contributed by atoms with van der Waals surface area (Å²) in [5, 5.41) is 3.80. The number of carbonyl (C=O) groups excluding carboxylic acids is 1. The van der Waals surface area contributed by atoms with Crippen molar-refractivity contribution >= 4 is 11.6 Å². The molecule has 0 aliphatic heterocycles. The van der Waals surface area contributed by atoms with Gasteiger partial charge in [-0.2, -0.15) is 13.2 Å². The molecule has 88 valence electrons. The summed E-state index contributed by atoms with van der Waals surface area (Å²) in [5.41, 5.74) is -1.04. The van der Waals surface area contributed by atoms with Crippen LogP contribution in [0.25, 0.3) is 0 Å². The molecule has 0 aliphatic carbocycles. The van der Waals surface area contributed by atoms with Gasteiger partial charge in [0.15, 0.2) is 6.54 Å². The van der Waals surface area contributed by atoms with Crippen molar-refractivity contribution in [3.8, 4) is 0 Å². The van der Waals surface area contributed by atoms with E-state index in [-0.39, 0.29) is 12.2 Å². The van der Waals surface area contributed by atoms with E-state index in [4.69, 9.17) is 0 Å². The maximum Gasteiger partial charge on any atom is 0.418 e. The monoisotopic (exact) mass is 233 g/mol. The summed E-state index contributed by atoms with van der Waals surface area (Å²) in [6, 6.07) is 4.90. The molecule has 0 unspecified atom stereocenters. The van der Waals surface area contributed by atoms with Crippen LogP contribution in [0, 0.1) is 0 Å². The summed E-state index contributed by atoms with van der Waals surface area (Å²) in [6.07, 6.45) is -4.46. The van der Waals surface area contributed by atoms with Gasteiger partial charge < -0.3 is 10.6 Å². The predicted octanol–water partition coefficient (Wildman–Crippen LogP) is 0.837. The Morgan fingerprint density at radius 3 is 2.56 bits per heavy atom. The van der Waals surface area contributed by atoms with Gasteiger partial charge in [-0.3, -0.25) is 4.79 Å². The fourth-order valence-electron chi connectivity index (χ4n) is 1.23. The number of benzene rings is 1. The molecule has 6 heteroatoms. The second kappa shape index (κ2) is 4.98. The number of para-hydroxylation sites is 1. The molecule has 0 radical (unpaired) electrons. The van der Waals surface area contributed by atoms with Crippen molar-refractivity contribution in [2.75, 3.05) is 18.9 Å². The van der Waals surface area contributed by atoms with Crippen LogP contribution in [0.15, 0.2) is 24.3 Å².